The minimum Gasteiger partial charge on any atom is -0.353 e. The number of hydrogen-bond acceptors (Lipinski definition) is 8. The van der Waals surface area contributed by atoms with E-state index in [0.717, 1.165) is 23.1 Å². The number of anilines is 1. The molecule has 0 amide bonds. The molecule has 0 aromatic carbocycles. The van der Waals surface area contributed by atoms with Crippen LogP contribution in [-0.4, -0.2) is 61.4 Å². The Labute approximate surface area is 155 Å². The molecular formula is C17H22N8O2. The molecule has 0 saturated carbocycles. The van der Waals surface area contributed by atoms with Crippen LogP contribution in [0, 0.1) is 0 Å². The molecule has 10 nitrogen and oxygen atoms in total. The summed E-state index contributed by atoms with van der Waals surface area (Å²) in [5.41, 5.74) is 0.104. The summed E-state index contributed by atoms with van der Waals surface area (Å²) in [6, 6.07) is 3.63. The van der Waals surface area contributed by atoms with Gasteiger partial charge in [0.1, 0.15) is 0 Å². The second kappa shape index (κ2) is 8.04. The van der Waals surface area contributed by atoms with Crippen LogP contribution in [0.15, 0.2) is 34.1 Å². The summed E-state index contributed by atoms with van der Waals surface area (Å²) < 4.78 is 2.41. The smallest absolute Gasteiger partial charge is 0.332 e. The minimum atomic E-state index is -0.497. The normalized spacial score (nSPS) is 11.3. The molecule has 0 radical (unpaired) electrons. The summed E-state index contributed by atoms with van der Waals surface area (Å²) in [5.74, 6) is 0.268. The molecule has 0 fully saturated rings. The number of pyridine rings is 1. The fourth-order valence-corrected chi connectivity index (χ4v) is 2.65. The van der Waals surface area contributed by atoms with Gasteiger partial charge >= 0.3 is 5.69 Å². The first-order chi connectivity index (χ1) is 13.0. The Balaban J connectivity index is 1.97. The van der Waals surface area contributed by atoms with Gasteiger partial charge in [-0.05, 0) is 38.7 Å². The largest absolute Gasteiger partial charge is 0.353 e. The molecule has 0 saturated heterocycles. The topological polar surface area (TPSA) is 111 Å². The van der Waals surface area contributed by atoms with E-state index >= 15 is 0 Å². The minimum absolute atomic E-state index is 0.103. The molecule has 3 aromatic rings. The van der Waals surface area contributed by atoms with Crippen molar-refractivity contribution >= 4 is 17.1 Å². The molecular weight excluding hydrogens is 348 g/mol. The molecule has 0 bridgehead atoms. The third kappa shape index (κ3) is 4.17. The summed E-state index contributed by atoms with van der Waals surface area (Å²) >= 11 is 0. The number of nitrogens with zero attached hydrogens (tertiary/aromatic N) is 7. The van der Waals surface area contributed by atoms with E-state index in [1.807, 2.05) is 20.2 Å². The van der Waals surface area contributed by atoms with Gasteiger partial charge in [0.05, 0.1) is 6.54 Å². The van der Waals surface area contributed by atoms with Gasteiger partial charge in [-0.3, -0.25) is 18.9 Å². The summed E-state index contributed by atoms with van der Waals surface area (Å²) in [7, 11) is 5.43. The maximum atomic E-state index is 12.6. The van der Waals surface area contributed by atoms with Crippen molar-refractivity contribution in [2.45, 2.75) is 13.0 Å². The van der Waals surface area contributed by atoms with Gasteiger partial charge in [0.25, 0.3) is 5.56 Å². The lowest BCUT2D eigenvalue weighted by Gasteiger charge is -2.12. The standard InChI is InChI=1S/C17H22N8O2/c1-23(2)9-5-8-19-16-20-13-14(21-22-16)25(17(27)24(3)15(13)26)11-12-6-4-7-18-10-12/h4,6-7,10H,5,8-9,11H2,1-3H3,(H,19,20,22). The van der Waals surface area contributed by atoms with Crippen LogP contribution in [0.2, 0.25) is 0 Å². The van der Waals surface area contributed by atoms with Crippen LogP contribution in [0.3, 0.4) is 0 Å². The third-order valence-electron chi connectivity index (χ3n) is 4.08. The first-order valence-electron chi connectivity index (χ1n) is 8.59. The average molecular weight is 370 g/mol. The molecule has 10 heteroatoms. The highest BCUT2D eigenvalue weighted by Crippen LogP contribution is 2.07. The molecule has 0 atom stereocenters. The highest BCUT2D eigenvalue weighted by molar-refractivity contribution is 5.69. The first-order valence-corrected chi connectivity index (χ1v) is 8.59. The van der Waals surface area contributed by atoms with Gasteiger partial charge in [-0.1, -0.05) is 6.07 Å². The fraction of sp³-hybridized carbons (Fsp3) is 0.412. The van der Waals surface area contributed by atoms with Gasteiger partial charge in [-0.25, -0.2) is 9.78 Å². The molecule has 1 N–H and O–H groups in total. The molecule has 3 aromatic heterocycles. The summed E-state index contributed by atoms with van der Waals surface area (Å²) in [4.78, 5) is 35.5. The lowest BCUT2D eigenvalue weighted by Crippen LogP contribution is -2.39. The van der Waals surface area contributed by atoms with Crippen molar-refractivity contribution in [3.8, 4) is 0 Å². The van der Waals surface area contributed by atoms with Crippen LogP contribution in [-0.2, 0) is 13.6 Å². The zero-order chi connectivity index (χ0) is 19.4. The molecule has 27 heavy (non-hydrogen) atoms. The van der Waals surface area contributed by atoms with Crippen molar-refractivity contribution in [1.82, 2.24) is 34.2 Å². The maximum Gasteiger partial charge on any atom is 0.332 e. The second-order valence-corrected chi connectivity index (χ2v) is 6.49. The Hall–Kier alpha value is -3.14. The quantitative estimate of drug-likeness (QED) is 0.564. The molecule has 0 aliphatic rings. The van der Waals surface area contributed by atoms with Crippen LogP contribution >= 0.6 is 0 Å². The van der Waals surface area contributed by atoms with Crippen molar-refractivity contribution < 1.29 is 0 Å². The molecule has 0 aliphatic heterocycles. The zero-order valence-electron chi connectivity index (χ0n) is 15.6. The zero-order valence-corrected chi connectivity index (χ0v) is 15.6. The Bertz CT molecular complexity index is 1040. The Morgan fingerprint density at radius 3 is 2.74 bits per heavy atom. The van der Waals surface area contributed by atoms with E-state index < -0.39 is 11.2 Å². The number of nitrogens with one attached hydrogen (secondary N) is 1. The Morgan fingerprint density at radius 1 is 1.22 bits per heavy atom. The second-order valence-electron chi connectivity index (χ2n) is 6.49. The van der Waals surface area contributed by atoms with Crippen LogP contribution in [0.1, 0.15) is 12.0 Å². The van der Waals surface area contributed by atoms with Crippen LogP contribution in [0.4, 0.5) is 5.95 Å². The average Bonchev–Trinajstić information content (AvgIpc) is 2.67. The van der Waals surface area contributed by atoms with Crippen molar-refractivity contribution in [2.75, 3.05) is 32.5 Å². The molecule has 3 heterocycles. The predicted molar refractivity (Wildman–Crippen MR) is 102 cm³/mol. The van der Waals surface area contributed by atoms with E-state index in [1.54, 1.807) is 18.5 Å². The lowest BCUT2D eigenvalue weighted by molar-refractivity contribution is 0.405. The SMILES string of the molecule is CN(C)CCCNc1nnc2c(n1)c(=O)n(C)c(=O)n2Cc1cccnc1. The van der Waals surface area contributed by atoms with E-state index in [-0.39, 0.29) is 23.7 Å². The number of rotatable bonds is 7. The molecule has 0 aliphatic carbocycles. The summed E-state index contributed by atoms with van der Waals surface area (Å²) in [6.07, 6.45) is 4.21. The van der Waals surface area contributed by atoms with Crippen LogP contribution in [0.5, 0.6) is 0 Å². The van der Waals surface area contributed by atoms with Crippen molar-refractivity contribution in [2.24, 2.45) is 7.05 Å². The number of hydrogen-bond donors (Lipinski definition) is 1. The summed E-state index contributed by atoms with van der Waals surface area (Å²) in [6.45, 7) is 1.80. The third-order valence-corrected chi connectivity index (χ3v) is 4.08. The van der Waals surface area contributed by atoms with Crippen molar-refractivity contribution in [3.63, 3.8) is 0 Å². The molecule has 3 rings (SSSR count). The van der Waals surface area contributed by atoms with Crippen LogP contribution < -0.4 is 16.6 Å². The van der Waals surface area contributed by atoms with E-state index in [4.69, 9.17) is 0 Å². The van der Waals surface area contributed by atoms with E-state index in [1.165, 1.54) is 11.6 Å². The van der Waals surface area contributed by atoms with Gasteiger partial charge in [-0.2, -0.15) is 0 Å². The first kappa shape index (κ1) is 18.6. The monoisotopic (exact) mass is 370 g/mol. The molecule has 0 unspecified atom stereocenters. The van der Waals surface area contributed by atoms with Gasteiger partial charge in [-0.15, -0.1) is 10.2 Å². The highest BCUT2D eigenvalue weighted by Gasteiger charge is 2.15. The van der Waals surface area contributed by atoms with Gasteiger partial charge < -0.3 is 10.2 Å². The van der Waals surface area contributed by atoms with Gasteiger partial charge in [0.2, 0.25) is 5.95 Å². The number of fused-ring (bicyclic) bond motifs is 1. The Morgan fingerprint density at radius 2 is 2.04 bits per heavy atom. The van der Waals surface area contributed by atoms with Crippen LogP contribution in [0.25, 0.3) is 11.2 Å². The molecule has 0 spiro atoms. The van der Waals surface area contributed by atoms with Crippen molar-refractivity contribution in [1.29, 1.82) is 0 Å². The lowest BCUT2D eigenvalue weighted by atomic mass is 10.3. The van der Waals surface area contributed by atoms with Gasteiger partial charge in [0.15, 0.2) is 11.2 Å². The fourth-order valence-electron chi connectivity index (χ4n) is 2.65. The van der Waals surface area contributed by atoms with Crippen molar-refractivity contribution in [3.05, 3.63) is 50.9 Å². The number of aromatic nitrogens is 6. The summed E-state index contributed by atoms with van der Waals surface area (Å²) in [5, 5.41) is 11.2. The molecule has 142 valence electrons. The maximum absolute atomic E-state index is 12.6. The highest BCUT2D eigenvalue weighted by atomic mass is 16.2. The van der Waals surface area contributed by atoms with E-state index in [0.29, 0.717) is 6.54 Å². The Kier molecular flexibility index (Phi) is 5.55. The van der Waals surface area contributed by atoms with E-state index in [2.05, 4.69) is 30.4 Å². The predicted octanol–water partition coefficient (Wildman–Crippen LogP) is -0.308. The van der Waals surface area contributed by atoms with E-state index in [9.17, 15) is 9.59 Å². The van der Waals surface area contributed by atoms with Gasteiger partial charge in [0, 0.05) is 26.0 Å².